The maximum absolute atomic E-state index is 5.43. The highest BCUT2D eigenvalue weighted by molar-refractivity contribution is 5.95. The van der Waals surface area contributed by atoms with E-state index in [4.69, 9.17) is 9.97 Å². The molecule has 4 aromatic heterocycles. The highest BCUT2D eigenvalue weighted by Crippen LogP contribution is 2.40. The molecule has 2 aliphatic heterocycles. The highest BCUT2D eigenvalue weighted by Gasteiger charge is 2.23. The van der Waals surface area contributed by atoms with Crippen molar-refractivity contribution in [3.05, 3.63) is 131 Å². The maximum atomic E-state index is 5.43. The van der Waals surface area contributed by atoms with Gasteiger partial charge in [-0.1, -0.05) is 114 Å². The monoisotopic (exact) mass is 654 g/mol. The molecule has 0 spiro atoms. The van der Waals surface area contributed by atoms with Gasteiger partial charge in [-0.25, -0.2) is 9.97 Å². The van der Waals surface area contributed by atoms with Gasteiger partial charge in [-0.15, -0.1) is 0 Å². The molecule has 50 heavy (non-hydrogen) atoms. The standard InChI is InChI=1S/C46H46N4/c1-5-15-33-27-39-43-29-35(17-7-3)41-25-26-42-36(18-8-4)30-44(40-28-34(16-6-2)38(48-40)24-23-37(33)47-39)50(42)46(32-21-13-10-14-22-32)45(49(41)43)31-19-11-9-12-20-31/h9-14,19-30H,5-8,15-18H2,1-4H3. The molecule has 4 nitrogen and oxygen atoms in total. The summed E-state index contributed by atoms with van der Waals surface area (Å²) in [5.41, 5.74) is 18.8. The van der Waals surface area contributed by atoms with E-state index in [0.29, 0.717) is 0 Å². The molecular formula is C46H46N4. The van der Waals surface area contributed by atoms with Crippen molar-refractivity contribution in [2.45, 2.75) is 79.1 Å². The third kappa shape index (κ3) is 5.48. The summed E-state index contributed by atoms with van der Waals surface area (Å²) < 4.78 is 5.05. The average molecular weight is 655 g/mol. The second-order valence-corrected chi connectivity index (χ2v) is 13.8. The normalized spacial score (nSPS) is 12.9. The summed E-state index contributed by atoms with van der Waals surface area (Å²) in [7, 11) is 0. The van der Waals surface area contributed by atoms with Crippen molar-refractivity contribution < 1.29 is 0 Å². The molecule has 250 valence electrons. The lowest BCUT2D eigenvalue weighted by Crippen LogP contribution is -2.02. The van der Waals surface area contributed by atoms with E-state index >= 15 is 0 Å². The van der Waals surface area contributed by atoms with Crippen molar-refractivity contribution >= 4 is 45.4 Å². The van der Waals surface area contributed by atoms with Crippen LogP contribution in [0.25, 0.3) is 67.9 Å². The van der Waals surface area contributed by atoms with Crippen LogP contribution in [0.4, 0.5) is 0 Å². The Hall–Kier alpha value is -5.22. The molecular weight excluding hydrogens is 609 g/mol. The zero-order valence-electron chi connectivity index (χ0n) is 29.8. The Balaban J connectivity index is 1.74. The van der Waals surface area contributed by atoms with Gasteiger partial charge in [-0.2, -0.15) is 0 Å². The third-order valence-corrected chi connectivity index (χ3v) is 10.2. The van der Waals surface area contributed by atoms with Gasteiger partial charge in [0, 0.05) is 22.2 Å². The van der Waals surface area contributed by atoms with Crippen LogP contribution in [0, 0.1) is 0 Å². The van der Waals surface area contributed by atoms with Gasteiger partial charge in [-0.3, -0.25) is 0 Å². The van der Waals surface area contributed by atoms with Crippen LogP contribution in [0.1, 0.15) is 100 Å². The van der Waals surface area contributed by atoms with Crippen LogP contribution in [0.2, 0.25) is 0 Å². The molecule has 0 fully saturated rings. The number of rotatable bonds is 10. The van der Waals surface area contributed by atoms with Gasteiger partial charge in [0.1, 0.15) is 0 Å². The first-order chi connectivity index (χ1) is 24.6. The first-order valence-electron chi connectivity index (χ1n) is 18.7. The van der Waals surface area contributed by atoms with E-state index in [2.05, 4.69) is 146 Å². The Morgan fingerprint density at radius 3 is 1.22 bits per heavy atom. The molecule has 0 saturated heterocycles. The van der Waals surface area contributed by atoms with E-state index in [0.717, 1.165) is 96.6 Å². The van der Waals surface area contributed by atoms with Crippen molar-refractivity contribution in [3.63, 3.8) is 0 Å². The van der Waals surface area contributed by atoms with Gasteiger partial charge in [0.05, 0.1) is 45.2 Å². The van der Waals surface area contributed by atoms with Crippen LogP contribution in [0.15, 0.2) is 97.1 Å². The van der Waals surface area contributed by atoms with E-state index in [1.807, 2.05) is 0 Å². The molecule has 0 aliphatic carbocycles. The summed E-state index contributed by atoms with van der Waals surface area (Å²) in [6, 6.07) is 36.0. The minimum Gasteiger partial charge on any atom is -0.305 e. The molecule has 6 heterocycles. The Labute approximate surface area is 295 Å². The van der Waals surface area contributed by atoms with Gasteiger partial charge in [-0.05, 0) is 96.5 Å². The van der Waals surface area contributed by atoms with Crippen molar-refractivity contribution in [2.24, 2.45) is 0 Å². The fourth-order valence-electron chi connectivity index (χ4n) is 8.00. The molecule has 2 aliphatic rings. The number of hydrogen-bond acceptors (Lipinski definition) is 2. The molecule has 6 bridgehead atoms. The van der Waals surface area contributed by atoms with Gasteiger partial charge >= 0.3 is 0 Å². The molecule has 0 atom stereocenters. The molecule has 4 heteroatoms. The summed E-state index contributed by atoms with van der Waals surface area (Å²) in [5, 5.41) is 0. The molecule has 0 amide bonds. The lowest BCUT2D eigenvalue weighted by molar-refractivity contribution is 0.928. The molecule has 0 radical (unpaired) electrons. The number of aromatic nitrogens is 4. The van der Waals surface area contributed by atoms with E-state index in [-0.39, 0.29) is 0 Å². The summed E-state index contributed by atoms with van der Waals surface area (Å²) in [6.45, 7) is 9.07. The molecule has 0 N–H and O–H groups in total. The molecule has 0 unspecified atom stereocenters. The van der Waals surface area contributed by atoms with Crippen molar-refractivity contribution in [3.8, 4) is 22.5 Å². The van der Waals surface area contributed by atoms with E-state index in [9.17, 15) is 0 Å². The molecule has 0 saturated carbocycles. The number of aryl methyl sites for hydroxylation is 2. The largest absolute Gasteiger partial charge is 0.305 e. The first kappa shape index (κ1) is 32.0. The van der Waals surface area contributed by atoms with Crippen molar-refractivity contribution in [1.29, 1.82) is 0 Å². The number of nitrogens with zero attached hydrogens (tertiary/aromatic N) is 4. The molecule has 2 aromatic carbocycles. The highest BCUT2D eigenvalue weighted by atomic mass is 15.0. The molecule has 8 rings (SSSR count). The second-order valence-electron chi connectivity index (χ2n) is 13.8. The Kier molecular flexibility index (Phi) is 8.70. The predicted octanol–water partition coefficient (Wildman–Crippen LogP) is 12.4. The van der Waals surface area contributed by atoms with E-state index in [1.165, 1.54) is 44.4 Å². The summed E-state index contributed by atoms with van der Waals surface area (Å²) >= 11 is 0. The van der Waals surface area contributed by atoms with Gasteiger partial charge < -0.3 is 8.80 Å². The van der Waals surface area contributed by atoms with E-state index in [1.54, 1.807) is 0 Å². The molecule has 6 aromatic rings. The van der Waals surface area contributed by atoms with Gasteiger partial charge in [0.25, 0.3) is 0 Å². The number of fused-ring (bicyclic) bond motifs is 7. The topological polar surface area (TPSA) is 34.6 Å². The lowest BCUT2D eigenvalue weighted by Gasteiger charge is -2.17. The van der Waals surface area contributed by atoms with Gasteiger partial charge in [0.2, 0.25) is 0 Å². The number of allylic oxidation sites excluding steroid dienone is 2. The van der Waals surface area contributed by atoms with Gasteiger partial charge in [0.15, 0.2) is 0 Å². The summed E-state index contributed by atoms with van der Waals surface area (Å²) in [5.74, 6) is 0. The summed E-state index contributed by atoms with van der Waals surface area (Å²) in [4.78, 5) is 10.9. The SMILES string of the molecule is CCCC1=Cc2nc1ccc1nc(c3cc(CCC)c4ccc5c(CCC)cc2n5c(-c2ccccc2)c(-c2ccccc2)n43)C=C1CCC. The summed E-state index contributed by atoms with van der Waals surface area (Å²) in [6.07, 6.45) is 12.9. The van der Waals surface area contributed by atoms with Crippen molar-refractivity contribution in [2.75, 3.05) is 0 Å². The Morgan fingerprint density at radius 1 is 0.440 bits per heavy atom. The van der Waals surface area contributed by atoms with E-state index < -0.39 is 0 Å². The van der Waals surface area contributed by atoms with Crippen LogP contribution >= 0.6 is 0 Å². The predicted molar refractivity (Wildman–Crippen MR) is 212 cm³/mol. The smallest absolute Gasteiger partial charge is 0.0881 e. The zero-order chi connectivity index (χ0) is 34.2. The Morgan fingerprint density at radius 2 is 0.840 bits per heavy atom. The minimum atomic E-state index is 0.981. The van der Waals surface area contributed by atoms with Crippen LogP contribution in [-0.2, 0) is 12.8 Å². The lowest BCUT2D eigenvalue weighted by atomic mass is 10.0. The maximum Gasteiger partial charge on any atom is 0.0881 e. The number of benzene rings is 2. The fraction of sp³-hybridized carbons (Fsp3) is 0.261. The second kappa shape index (κ2) is 13.6. The minimum absolute atomic E-state index is 0.981. The Bertz CT molecular complexity index is 2230. The number of hydrogen-bond donors (Lipinski definition) is 0. The third-order valence-electron chi connectivity index (χ3n) is 10.2. The van der Waals surface area contributed by atoms with Crippen LogP contribution in [-0.4, -0.2) is 18.8 Å². The zero-order valence-corrected chi connectivity index (χ0v) is 29.8. The van der Waals surface area contributed by atoms with Crippen LogP contribution < -0.4 is 0 Å². The van der Waals surface area contributed by atoms with Crippen LogP contribution in [0.5, 0.6) is 0 Å². The quantitative estimate of drug-likeness (QED) is 0.147. The first-order valence-corrected chi connectivity index (χ1v) is 18.7. The van der Waals surface area contributed by atoms with Crippen LogP contribution in [0.3, 0.4) is 0 Å². The fourth-order valence-corrected chi connectivity index (χ4v) is 8.00. The average Bonchev–Trinajstić information content (AvgIpc) is 3.89. The van der Waals surface area contributed by atoms with Crippen molar-refractivity contribution in [1.82, 2.24) is 18.8 Å².